The third-order valence-electron chi connectivity index (χ3n) is 11.5. The van der Waals surface area contributed by atoms with Crippen LogP contribution in [0.1, 0.15) is 213 Å². The molecule has 0 aromatic rings. The van der Waals surface area contributed by atoms with Crippen LogP contribution in [0.4, 0.5) is 0 Å². The lowest BCUT2D eigenvalue weighted by Crippen LogP contribution is -2.64. The zero-order valence-electron chi connectivity index (χ0n) is 38.7. The first-order chi connectivity index (χ1) is 29.9. The lowest BCUT2D eigenvalue weighted by atomic mass is 9.85. The molecule has 6 N–H and O–H groups in total. The van der Waals surface area contributed by atoms with E-state index >= 15 is 0 Å². The highest BCUT2D eigenvalue weighted by molar-refractivity contribution is 7.47. The number of phosphoric acid groups is 1. The average Bonchev–Trinajstić information content (AvgIpc) is 3.25. The number of aliphatic hydroxyl groups excluding tert-OH is 5. The van der Waals surface area contributed by atoms with Crippen LogP contribution >= 0.6 is 7.82 Å². The third kappa shape index (κ3) is 30.5. The van der Waals surface area contributed by atoms with E-state index in [4.69, 9.17) is 18.5 Å². The van der Waals surface area contributed by atoms with Crippen molar-refractivity contribution in [2.45, 2.75) is 256 Å². The molecule has 14 heteroatoms. The van der Waals surface area contributed by atoms with Gasteiger partial charge in [0.25, 0.3) is 0 Å². The molecule has 1 saturated carbocycles. The van der Waals surface area contributed by atoms with E-state index < -0.39 is 75.7 Å². The molecule has 0 aromatic heterocycles. The normalized spacial score (nSPS) is 22.0. The molecule has 1 aliphatic carbocycles. The predicted octanol–water partition coefficient (Wildman–Crippen LogP) is 10.0. The molecule has 0 saturated heterocycles. The molecule has 364 valence electrons. The number of carbonyl (C=O) groups excluding carboxylic acids is 2. The molecule has 0 radical (unpaired) electrons. The average molecular weight is 905 g/mol. The number of unbranched alkanes of at least 4 members (excludes halogenated alkanes) is 25. The van der Waals surface area contributed by atoms with E-state index in [1.54, 1.807) is 0 Å². The van der Waals surface area contributed by atoms with E-state index in [-0.39, 0.29) is 12.8 Å². The topological polar surface area (TPSA) is 210 Å². The van der Waals surface area contributed by atoms with Crippen molar-refractivity contribution in [3.8, 4) is 0 Å². The van der Waals surface area contributed by atoms with Gasteiger partial charge >= 0.3 is 19.8 Å². The van der Waals surface area contributed by atoms with Crippen LogP contribution in [0.5, 0.6) is 0 Å². The Hall–Kier alpha value is -1.67. The summed E-state index contributed by atoms with van der Waals surface area (Å²) < 4.78 is 33.5. The summed E-state index contributed by atoms with van der Waals surface area (Å²) in [7, 11) is -5.12. The minimum Gasteiger partial charge on any atom is -0.462 e. The van der Waals surface area contributed by atoms with Crippen molar-refractivity contribution in [3.63, 3.8) is 0 Å². The first kappa shape index (κ1) is 58.3. The van der Waals surface area contributed by atoms with Crippen molar-refractivity contribution >= 4 is 19.8 Å². The van der Waals surface area contributed by atoms with E-state index in [1.807, 2.05) is 0 Å². The molecule has 0 spiro atoms. The minimum atomic E-state index is -5.12. The number of hydrogen-bond donors (Lipinski definition) is 6. The first-order valence-electron chi connectivity index (χ1n) is 24.6. The molecule has 0 amide bonds. The number of rotatable bonds is 41. The van der Waals surface area contributed by atoms with Gasteiger partial charge in [-0.15, -0.1) is 0 Å². The van der Waals surface area contributed by atoms with E-state index in [9.17, 15) is 44.6 Å². The SMILES string of the molecule is CCCCCCCC/C=C/C/C=C/CCCCC(=O)OC[C@H](COP(=O)(O)OC1C(O)C(O)C(O)[C@H](O)C1O)OC(=O)CCCCCCCCCCCCCCCCCCCC. The molecule has 0 bridgehead atoms. The van der Waals surface area contributed by atoms with Crippen LogP contribution in [-0.2, 0) is 32.7 Å². The second-order valence-electron chi connectivity index (χ2n) is 17.3. The Labute approximate surface area is 375 Å². The Morgan fingerprint density at radius 2 is 0.871 bits per heavy atom. The molecule has 1 aliphatic rings. The second kappa shape index (κ2) is 38.6. The number of ether oxygens (including phenoxy) is 2. The highest BCUT2D eigenvalue weighted by atomic mass is 31.2. The van der Waals surface area contributed by atoms with Crippen LogP contribution in [-0.4, -0.2) is 98.3 Å². The predicted molar refractivity (Wildman–Crippen MR) is 244 cm³/mol. The Morgan fingerprint density at radius 3 is 1.34 bits per heavy atom. The smallest absolute Gasteiger partial charge is 0.462 e. The zero-order valence-corrected chi connectivity index (χ0v) is 39.6. The molecule has 0 aromatic carbocycles. The quantitative estimate of drug-likeness (QED) is 0.0146. The third-order valence-corrected chi connectivity index (χ3v) is 12.5. The van der Waals surface area contributed by atoms with Crippen molar-refractivity contribution in [1.82, 2.24) is 0 Å². The van der Waals surface area contributed by atoms with Gasteiger partial charge in [0, 0.05) is 12.8 Å². The number of esters is 2. The van der Waals surface area contributed by atoms with Gasteiger partial charge in [-0.1, -0.05) is 179 Å². The highest BCUT2D eigenvalue weighted by Crippen LogP contribution is 2.47. The van der Waals surface area contributed by atoms with Crippen LogP contribution in [0.15, 0.2) is 24.3 Å². The lowest BCUT2D eigenvalue weighted by Gasteiger charge is -2.41. The number of hydrogen-bond acceptors (Lipinski definition) is 12. The molecular weight excluding hydrogens is 815 g/mol. The maximum atomic E-state index is 12.8. The summed E-state index contributed by atoms with van der Waals surface area (Å²) in [5.41, 5.74) is 0. The van der Waals surface area contributed by atoms with E-state index in [0.29, 0.717) is 12.8 Å². The van der Waals surface area contributed by atoms with Crippen molar-refractivity contribution in [2.75, 3.05) is 13.2 Å². The van der Waals surface area contributed by atoms with E-state index in [2.05, 4.69) is 38.2 Å². The first-order valence-corrected chi connectivity index (χ1v) is 26.1. The Morgan fingerprint density at radius 1 is 0.500 bits per heavy atom. The standard InChI is InChI=1S/C48H89O13P/c1-3-5-7-9-11-13-15-17-19-20-21-23-25-27-29-31-33-35-37-42(50)60-40(39-59-62(56,57)61-48-46(54)44(52)43(51)45(53)47(48)55)38-58-41(49)36-34-32-30-28-26-24-22-18-16-14-12-10-8-6-4-2/h18,22,26,28,40,43-48,51-55H,3-17,19-21,23-25,27,29-39H2,1-2H3,(H,56,57)/b22-18+,28-26+/t40-,43?,44+,45?,46?,47?,48?/m1/s1. The summed E-state index contributed by atoms with van der Waals surface area (Å²) in [5, 5.41) is 50.2. The fourth-order valence-electron chi connectivity index (χ4n) is 7.55. The van der Waals surface area contributed by atoms with Crippen LogP contribution in [0.25, 0.3) is 0 Å². The van der Waals surface area contributed by atoms with E-state index in [1.165, 1.54) is 122 Å². The molecule has 0 heterocycles. The van der Waals surface area contributed by atoms with Gasteiger partial charge in [0.15, 0.2) is 6.10 Å². The molecule has 0 aliphatic heterocycles. The summed E-state index contributed by atoms with van der Waals surface area (Å²) in [6.45, 7) is 3.29. The lowest BCUT2D eigenvalue weighted by molar-refractivity contribution is -0.220. The van der Waals surface area contributed by atoms with Crippen molar-refractivity contribution in [3.05, 3.63) is 24.3 Å². The molecule has 1 rings (SSSR count). The van der Waals surface area contributed by atoms with Crippen molar-refractivity contribution in [1.29, 1.82) is 0 Å². The second-order valence-corrected chi connectivity index (χ2v) is 18.7. The zero-order chi connectivity index (χ0) is 45.7. The molecule has 62 heavy (non-hydrogen) atoms. The van der Waals surface area contributed by atoms with Gasteiger partial charge in [-0.05, 0) is 44.9 Å². The monoisotopic (exact) mass is 905 g/mol. The van der Waals surface area contributed by atoms with Crippen LogP contribution in [0.3, 0.4) is 0 Å². The van der Waals surface area contributed by atoms with Crippen molar-refractivity contribution < 1.29 is 63.1 Å². The largest absolute Gasteiger partial charge is 0.472 e. The molecule has 1 fully saturated rings. The summed E-state index contributed by atoms with van der Waals surface area (Å²) in [6.07, 6.45) is 29.5. The van der Waals surface area contributed by atoms with Gasteiger partial charge in [-0.2, -0.15) is 0 Å². The maximum absolute atomic E-state index is 12.8. The fraction of sp³-hybridized carbons (Fsp3) is 0.875. The van der Waals surface area contributed by atoms with Gasteiger partial charge in [-0.3, -0.25) is 18.6 Å². The fourth-order valence-corrected chi connectivity index (χ4v) is 8.53. The Balaban J connectivity index is 2.44. The number of allylic oxidation sites excluding steroid dienone is 4. The number of aliphatic hydroxyl groups is 5. The van der Waals surface area contributed by atoms with Crippen LogP contribution in [0, 0.1) is 0 Å². The van der Waals surface area contributed by atoms with Gasteiger partial charge < -0.3 is 39.9 Å². The van der Waals surface area contributed by atoms with Crippen molar-refractivity contribution in [2.24, 2.45) is 0 Å². The van der Waals surface area contributed by atoms with E-state index in [0.717, 1.165) is 51.4 Å². The van der Waals surface area contributed by atoms with Gasteiger partial charge in [0.05, 0.1) is 6.61 Å². The Kier molecular flexibility index (Phi) is 36.3. The molecule has 13 nitrogen and oxygen atoms in total. The summed E-state index contributed by atoms with van der Waals surface area (Å²) in [6, 6.07) is 0. The summed E-state index contributed by atoms with van der Waals surface area (Å²) in [4.78, 5) is 35.7. The number of carbonyl (C=O) groups is 2. The van der Waals surface area contributed by atoms with Crippen LogP contribution in [0.2, 0.25) is 0 Å². The highest BCUT2D eigenvalue weighted by Gasteiger charge is 2.51. The van der Waals surface area contributed by atoms with Gasteiger partial charge in [-0.25, -0.2) is 4.57 Å². The Bertz CT molecular complexity index is 1180. The van der Waals surface area contributed by atoms with Gasteiger partial charge in [0.1, 0.15) is 43.2 Å². The molecule has 8 atom stereocenters. The maximum Gasteiger partial charge on any atom is 0.472 e. The summed E-state index contributed by atoms with van der Waals surface area (Å²) >= 11 is 0. The van der Waals surface area contributed by atoms with Gasteiger partial charge in [0.2, 0.25) is 0 Å². The number of phosphoric ester groups is 1. The molecular formula is C48H89O13P. The minimum absolute atomic E-state index is 0.0947. The van der Waals surface area contributed by atoms with Crippen LogP contribution < -0.4 is 0 Å². The summed E-state index contributed by atoms with van der Waals surface area (Å²) in [5.74, 6) is -1.13. The molecule has 6 unspecified atom stereocenters.